The van der Waals surface area contributed by atoms with Gasteiger partial charge in [0.1, 0.15) is 13.2 Å². The molecule has 0 fully saturated rings. The first-order chi connectivity index (χ1) is 7.29. The molecule has 1 heterocycles. The Morgan fingerprint density at radius 3 is 2.50 bits per heavy atom. The molecule has 16 heavy (non-hydrogen) atoms. The van der Waals surface area contributed by atoms with Crippen LogP contribution in [0.1, 0.15) is 20.1 Å². The fraction of sp³-hybridized carbons (Fsp3) is 0.500. The molecular weight excluding hydrogens is 241 g/mol. The molecule has 6 heteroatoms. The number of thiophene rings is 1. The zero-order chi connectivity index (χ0) is 12.3. The van der Waals surface area contributed by atoms with Crippen LogP contribution in [0.4, 0.5) is 13.2 Å². The summed E-state index contributed by atoms with van der Waals surface area (Å²) in [5.41, 5.74) is 0.449. The van der Waals surface area contributed by atoms with Crippen LogP contribution in [0, 0.1) is 13.8 Å². The molecule has 1 aromatic rings. The summed E-state index contributed by atoms with van der Waals surface area (Å²) in [7, 11) is 0. The highest BCUT2D eigenvalue weighted by atomic mass is 32.1. The van der Waals surface area contributed by atoms with Gasteiger partial charge in [-0.25, -0.2) is 0 Å². The molecule has 0 bridgehead atoms. The highest BCUT2D eigenvalue weighted by Gasteiger charge is 2.28. The molecule has 0 atom stereocenters. The van der Waals surface area contributed by atoms with E-state index in [4.69, 9.17) is 0 Å². The minimum atomic E-state index is -4.39. The molecule has 0 aliphatic heterocycles. The zero-order valence-electron chi connectivity index (χ0n) is 8.85. The van der Waals surface area contributed by atoms with E-state index in [-0.39, 0.29) is 0 Å². The minimum Gasteiger partial charge on any atom is -0.364 e. The van der Waals surface area contributed by atoms with E-state index in [0.717, 1.165) is 9.75 Å². The fourth-order valence-electron chi connectivity index (χ4n) is 1.24. The number of rotatable bonds is 4. The van der Waals surface area contributed by atoms with Gasteiger partial charge in [-0.1, -0.05) is 0 Å². The smallest absolute Gasteiger partial charge is 0.364 e. The number of carbonyl (C=O) groups excluding carboxylic acids is 1. The number of aryl methyl sites for hydroxylation is 2. The summed E-state index contributed by atoms with van der Waals surface area (Å²) in [5.74, 6) is -0.411. The Kier molecular flexibility index (Phi) is 4.09. The van der Waals surface area contributed by atoms with Crippen molar-refractivity contribution in [1.82, 2.24) is 0 Å². The van der Waals surface area contributed by atoms with Gasteiger partial charge in [0.25, 0.3) is 0 Å². The van der Waals surface area contributed by atoms with Gasteiger partial charge in [0.05, 0.1) is 0 Å². The van der Waals surface area contributed by atoms with Crippen molar-refractivity contribution in [2.45, 2.75) is 20.0 Å². The first-order valence-electron chi connectivity index (χ1n) is 4.54. The third-order valence-electron chi connectivity index (χ3n) is 1.84. The number of halogens is 3. The molecule has 2 nitrogen and oxygen atoms in total. The molecule has 0 N–H and O–H groups in total. The lowest BCUT2D eigenvalue weighted by Gasteiger charge is -2.06. The van der Waals surface area contributed by atoms with Crippen molar-refractivity contribution in [3.63, 3.8) is 0 Å². The van der Waals surface area contributed by atoms with Crippen LogP contribution in [0.2, 0.25) is 0 Å². The maximum Gasteiger partial charge on any atom is 0.411 e. The summed E-state index contributed by atoms with van der Waals surface area (Å²) >= 11 is 1.44. The SMILES string of the molecule is Cc1cc(C(=O)COCC(F)(F)F)c(C)s1. The normalized spacial score (nSPS) is 11.8. The molecule has 0 aliphatic carbocycles. The monoisotopic (exact) mass is 252 g/mol. The number of hydrogen-bond acceptors (Lipinski definition) is 3. The van der Waals surface area contributed by atoms with Crippen molar-refractivity contribution in [3.05, 3.63) is 21.4 Å². The number of ether oxygens (including phenoxy) is 1. The standard InChI is InChI=1S/C10H11F3O2S/c1-6-3-8(7(2)16-6)9(14)4-15-5-10(11,12)13/h3H,4-5H2,1-2H3. The summed E-state index contributed by atoms with van der Waals surface area (Å²) in [6, 6.07) is 1.67. The van der Waals surface area contributed by atoms with Gasteiger partial charge >= 0.3 is 6.18 Å². The Labute approximate surface area is 95.0 Å². The third kappa shape index (κ3) is 3.94. The van der Waals surface area contributed by atoms with E-state index in [0.29, 0.717) is 5.56 Å². The maximum atomic E-state index is 11.8. The van der Waals surface area contributed by atoms with E-state index in [2.05, 4.69) is 4.74 Å². The van der Waals surface area contributed by atoms with Gasteiger partial charge in [-0.3, -0.25) is 4.79 Å². The molecule has 90 valence electrons. The maximum absolute atomic E-state index is 11.8. The molecule has 0 unspecified atom stereocenters. The van der Waals surface area contributed by atoms with Gasteiger partial charge in [0, 0.05) is 15.3 Å². The molecule has 0 saturated heterocycles. The molecule has 0 saturated carbocycles. The lowest BCUT2D eigenvalue weighted by atomic mass is 10.2. The van der Waals surface area contributed by atoms with E-state index in [1.807, 2.05) is 6.92 Å². The zero-order valence-corrected chi connectivity index (χ0v) is 9.67. The minimum absolute atomic E-state index is 0.411. The van der Waals surface area contributed by atoms with Gasteiger partial charge < -0.3 is 4.74 Å². The largest absolute Gasteiger partial charge is 0.411 e. The van der Waals surface area contributed by atoms with Crippen LogP contribution in [0.25, 0.3) is 0 Å². The van der Waals surface area contributed by atoms with Crippen LogP contribution in [0.15, 0.2) is 6.07 Å². The second kappa shape index (κ2) is 4.97. The van der Waals surface area contributed by atoms with Crippen molar-refractivity contribution < 1.29 is 22.7 Å². The van der Waals surface area contributed by atoms with Gasteiger partial charge in [0.2, 0.25) is 0 Å². The Hall–Kier alpha value is -0.880. The predicted octanol–water partition coefficient (Wildman–Crippen LogP) is 3.13. The number of alkyl halides is 3. The highest BCUT2D eigenvalue weighted by molar-refractivity contribution is 7.12. The average molecular weight is 252 g/mol. The van der Waals surface area contributed by atoms with Gasteiger partial charge in [-0.05, 0) is 19.9 Å². The highest BCUT2D eigenvalue weighted by Crippen LogP contribution is 2.21. The second-order valence-electron chi connectivity index (χ2n) is 3.36. The van der Waals surface area contributed by atoms with Crippen LogP contribution in [0.5, 0.6) is 0 Å². The Morgan fingerprint density at radius 2 is 2.06 bits per heavy atom. The van der Waals surface area contributed by atoms with Crippen LogP contribution in [-0.4, -0.2) is 25.2 Å². The Bertz CT molecular complexity index is 382. The van der Waals surface area contributed by atoms with Crippen LogP contribution < -0.4 is 0 Å². The lowest BCUT2D eigenvalue weighted by molar-refractivity contribution is -0.170. The second-order valence-corrected chi connectivity index (χ2v) is 4.82. The van der Waals surface area contributed by atoms with Crippen LogP contribution in [-0.2, 0) is 4.74 Å². The van der Waals surface area contributed by atoms with Crippen molar-refractivity contribution in [1.29, 1.82) is 0 Å². The topological polar surface area (TPSA) is 26.3 Å². The van der Waals surface area contributed by atoms with Crippen molar-refractivity contribution in [2.75, 3.05) is 13.2 Å². The van der Waals surface area contributed by atoms with Crippen molar-refractivity contribution >= 4 is 17.1 Å². The van der Waals surface area contributed by atoms with Gasteiger partial charge in [-0.2, -0.15) is 13.2 Å². The molecule has 1 aromatic heterocycles. The van der Waals surface area contributed by atoms with Crippen molar-refractivity contribution in [2.24, 2.45) is 0 Å². The van der Waals surface area contributed by atoms with E-state index < -0.39 is 25.2 Å². The fourth-order valence-corrected chi connectivity index (χ4v) is 2.19. The number of hydrogen-bond donors (Lipinski definition) is 0. The van der Waals surface area contributed by atoms with Gasteiger partial charge in [-0.15, -0.1) is 11.3 Å². The number of Topliss-reactive ketones (excluding diaryl/α,β-unsaturated/α-hetero) is 1. The van der Waals surface area contributed by atoms with Crippen LogP contribution >= 0.6 is 11.3 Å². The first-order valence-corrected chi connectivity index (χ1v) is 5.36. The third-order valence-corrected chi connectivity index (χ3v) is 2.81. The molecule has 1 rings (SSSR count). The summed E-state index contributed by atoms with van der Waals surface area (Å²) in [6.07, 6.45) is -4.39. The lowest BCUT2D eigenvalue weighted by Crippen LogP contribution is -2.20. The molecule has 0 aromatic carbocycles. The first kappa shape index (κ1) is 13.2. The van der Waals surface area contributed by atoms with E-state index in [9.17, 15) is 18.0 Å². The summed E-state index contributed by atoms with van der Waals surface area (Å²) in [4.78, 5) is 13.2. The van der Waals surface area contributed by atoms with E-state index >= 15 is 0 Å². The molecule has 0 aliphatic rings. The average Bonchev–Trinajstić information content (AvgIpc) is 2.43. The Balaban J connectivity index is 2.51. The quantitative estimate of drug-likeness (QED) is 0.769. The summed E-state index contributed by atoms with van der Waals surface area (Å²) in [5, 5.41) is 0. The van der Waals surface area contributed by atoms with E-state index in [1.165, 1.54) is 11.3 Å². The van der Waals surface area contributed by atoms with Crippen LogP contribution in [0.3, 0.4) is 0 Å². The Morgan fingerprint density at radius 1 is 1.44 bits per heavy atom. The van der Waals surface area contributed by atoms with Crippen molar-refractivity contribution in [3.8, 4) is 0 Å². The summed E-state index contributed by atoms with van der Waals surface area (Å²) < 4.78 is 39.6. The molecule has 0 amide bonds. The van der Waals surface area contributed by atoms with Gasteiger partial charge in [0.15, 0.2) is 5.78 Å². The molecule has 0 spiro atoms. The molecule has 0 radical (unpaired) electrons. The molecular formula is C10H11F3O2S. The summed E-state index contributed by atoms with van der Waals surface area (Å²) in [6.45, 7) is 1.68. The predicted molar refractivity (Wildman–Crippen MR) is 55.0 cm³/mol. The number of ketones is 1. The number of carbonyl (C=O) groups is 1. The van der Waals surface area contributed by atoms with E-state index in [1.54, 1.807) is 13.0 Å².